The zero-order chi connectivity index (χ0) is 13.2. The van der Waals surface area contributed by atoms with Crippen molar-refractivity contribution in [3.8, 4) is 0 Å². The highest BCUT2D eigenvalue weighted by Gasteiger charge is 2.39. The number of amides is 2. The van der Waals surface area contributed by atoms with Crippen molar-refractivity contribution in [3.63, 3.8) is 0 Å². The number of hydrogen-bond acceptors (Lipinski definition) is 3. The highest BCUT2D eigenvalue weighted by Crippen LogP contribution is 2.23. The molecule has 1 heterocycles. The van der Waals surface area contributed by atoms with Crippen molar-refractivity contribution in [2.24, 2.45) is 5.41 Å². The summed E-state index contributed by atoms with van der Waals surface area (Å²) in [6.45, 7) is 6.19. The molecule has 1 rings (SSSR count). The fraction of sp³-hybridized carbons (Fsp3) is 0.818. The van der Waals surface area contributed by atoms with Crippen LogP contribution in [0, 0.1) is 5.41 Å². The van der Waals surface area contributed by atoms with E-state index in [0.29, 0.717) is 12.3 Å². The van der Waals surface area contributed by atoms with E-state index in [0.717, 1.165) is 0 Å². The Morgan fingerprint density at radius 1 is 1.41 bits per heavy atom. The number of piperazine rings is 1. The topological polar surface area (TPSA) is 66.5 Å². The monoisotopic (exact) mass is 260 g/mol. The van der Waals surface area contributed by atoms with Crippen LogP contribution in [-0.2, 0) is 20.4 Å². The molecule has 5 nitrogen and oxygen atoms in total. The first-order valence-corrected chi connectivity index (χ1v) is 7.32. The molecule has 2 amide bonds. The first-order valence-electron chi connectivity index (χ1n) is 5.60. The molecule has 0 bridgehead atoms. The Kier molecular flexibility index (Phi) is 4.30. The van der Waals surface area contributed by atoms with E-state index < -0.39 is 16.8 Å². The van der Waals surface area contributed by atoms with Crippen LogP contribution in [0.4, 0.5) is 0 Å². The lowest BCUT2D eigenvalue weighted by Crippen LogP contribution is -2.62. The SMILES string of the molecule is CS(=O)CCN1CC(=O)NC(C(C)(C)C)C1=O. The van der Waals surface area contributed by atoms with Crippen LogP contribution in [0.15, 0.2) is 0 Å². The lowest BCUT2D eigenvalue weighted by molar-refractivity contribution is -0.147. The van der Waals surface area contributed by atoms with E-state index in [1.807, 2.05) is 20.8 Å². The average Bonchev–Trinajstić information content (AvgIpc) is 2.17. The van der Waals surface area contributed by atoms with Crippen LogP contribution in [0.3, 0.4) is 0 Å². The minimum Gasteiger partial charge on any atom is -0.342 e. The molecule has 0 aliphatic carbocycles. The van der Waals surface area contributed by atoms with Gasteiger partial charge >= 0.3 is 0 Å². The van der Waals surface area contributed by atoms with Gasteiger partial charge in [0, 0.05) is 29.4 Å². The summed E-state index contributed by atoms with van der Waals surface area (Å²) in [5, 5.41) is 2.72. The summed E-state index contributed by atoms with van der Waals surface area (Å²) in [6.07, 6.45) is 1.59. The zero-order valence-electron chi connectivity index (χ0n) is 10.8. The van der Waals surface area contributed by atoms with Gasteiger partial charge in [0.25, 0.3) is 0 Å². The molecule has 0 spiro atoms. The van der Waals surface area contributed by atoms with Crippen LogP contribution in [0.1, 0.15) is 20.8 Å². The molecule has 17 heavy (non-hydrogen) atoms. The molecule has 0 aromatic rings. The smallest absolute Gasteiger partial charge is 0.246 e. The van der Waals surface area contributed by atoms with Crippen molar-refractivity contribution in [1.82, 2.24) is 10.2 Å². The van der Waals surface area contributed by atoms with Gasteiger partial charge in [-0.3, -0.25) is 13.8 Å². The molecule has 1 aliphatic heterocycles. The Labute approximate surface area is 104 Å². The van der Waals surface area contributed by atoms with Crippen LogP contribution in [0.2, 0.25) is 0 Å². The third-order valence-corrected chi connectivity index (χ3v) is 3.47. The number of rotatable bonds is 3. The van der Waals surface area contributed by atoms with E-state index in [1.165, 1.54) is 4.90 Å². The minimum atomic E-state index is -0.951. The number of nitrogens with zero attached hydrogens (tertiary/aromatic N) is 1. The van der Waals surface area contributed by atoms with Gasteiger partial charge in [-0.1, -0.05) is 20.8 Å². The summed E-state index contributed by atoms with van der Waals surface area (Å²) in [7, 11) is -0.951. The van der Waals surface area contributed by atoms with Crippen molar-refractivity contribution >= 4 is 22.6 Å². The lowest BCUT2D eigenvalue weighted by atomic mass is 9.85. The normalized spacial score (nSPS) is 23.5. The maximum Gasteiger partial charge on any atom is 0.246 e. The van der Waals surface area contributed by atoms with Crippen LogP contribution >= 0.6 is 0 Å². The standard InChI is InChI=1S/C11H20N2O3S/c1-11(2,3)9-10(15)13(5-6-17(4)16)7-8(14)12-9/h9H,5-7H2,1-4H3,(H,12,14). The van der Waals surface area contributed by atoms with Gasteiger partial charge in [-0.2, -0.15) is 0 Å². The Morgan fingerprint density at radius 2 is 2.00 bits per heavy atom. The summed E-state index contributed by atoms with van der Waals surface area (Å²) in [5.74, 6) is 0.185. The van der Waals surface area contributed by atoms with Gasteiger partial charge in [-0.15, -0.1) is 0 Å². The van der Waals surface area contributed by atoms with Crippen LogP contribution in [0.5, 0.6) is 0 Å². The highest BCUT2D eigenvalue weighted by molar-refractivity contribution is 7.84. The van der Waals surface area contributed by atoms with Crippen LogP contribution in [-0.4, -0.2) is 52.1 Å². The predicted octanol–water partition coefficient (Wildman–Crippen LogP) is -0.262. The zero-order valence-corrected chi connectivity index (χ0v) is 11.6. The molecule has 0 saturated carbocycles. The van der Waals surface area contributed by atoms with Gasteiger partial charge < -0.3 is 10.2 Å². The van der Waals surface area contributed by atoms with Crippen molar-refractivity contribution in [3.05, 3.63) is 0 Å². The number of hydrogen-bond donors (Lipinski definition) is 1. The lowest BCUT2D eigenvalue weighted by Gasteiger charge is -2.38. The molecule has 0 radical (unpaired) electrons. The van der Waals surface area contributed by atoms with E-state index in [4.69, 9.17) is 0 Å². The van der Waals surface area contributed by atoms with Gasteiger partial charge in [-0.25, -0.2) is 0 Å². The summed E-state index contributed by atoms with van der Waals surface area (Å²) in [4.78, 5) is 25.2. The average molecular weight is 260 g/mol. The molecular weight excluding hydrogens is 240 g/mol. The van der Waals surface area contributed by atoms with E-state index >= 15 is 0 Å². The van der Waals surface area contributed by atoms with Gasteiger partial charge in [-0.05, 0) is 5.41 Å². The molecule has 2 atom stereocenters. The molecule has 0 aromatic carbocycles. The van der Waals surface area contributed by atoms with Gasteiger partial charge in [0.1, 0.15) is 6.04 Å². The first-order chi connectivity index (χ1) is 7.71. The fourth-order valence-corrected chi connectivity index (χ4v) is 2.19. The van der Waals surface area contributed by atoms with E-state index in [9.17, 15) is 13.8 Å². The summed E-state index contributed by atoms with van der Waals surface area (Å²) < 4.78 is 11.0. The predicted molar refractivity (Wildman–Crippen MR) is 66.9 cm³/mol. The Hall–Kier alpha value is -0.910. The summed E-state index contributed by atoms with van der Waals surface area (Å²) >= 11 is 0. The molecule has 1 N–H and O–H groups in total. The molecule has 1 fully saturated rings. The molecule has 98 valence electrons. The largest absolute Gasteiger partial charge is 0.342 e. The Morgan fingerprint density at radius 3 is 2.47 bits per heavy atom. The van der Waals surface area contributed by atoms with Crippen LogP contribution in [0.25, 0.3) is 0 Å². The number of carbonyl (C=O) groups is 2. The highest BCUT2D eigenvalue weighted by atomic mass is 32.2. The van der Waals surface area contributed by atoms with Gasteiger partial charge in [0.2, 0.25) is 11.8 Å². The van der Waals surface area contributed by atoms with Crippen molar-refractivity contribution in [2.45, 2.75) is 26.8 Å². The molecule has 0 aromatic heterocycles. The molecule has 1 saturated heterocycles. The van der Waals surface area contributed by atoms with Gasteiger partial charge in [0.05, 0.1) is 6.54 Å². The number of nitrogens with one attached hydrogen (secondary N) is 1. The maximum atomic E-state index is 12.1. The second kappa shape index (κ2) is 5.16. The van der Waals surface area contributed by atoms with Gasteiger partial charge in [0.15, 0.2) is 0 Å². The number of carbonyl (C=O) groups excluding carboxylic acids is 2. The maximum absolute atomic E-state index is 12.1. The van der Waals surface area contributed by atoms with Crippen molar-refractivity contribution in [2.75, 3.05) is 25.1 Å². The third kappa shape index (κ3) is 3.80. The Bertz CT molecular complexity index is 349. The Balaban J connectivity index is 2.75. The quantitative estimate of drug-likeness (QED) is 0.760. The van der Waals surface area contributed by atoms with E-state index in [2.05, 4.69) is 5.32 Å². The molecule has 6 heteroatoms. The third-order valence-electron chi connectivity index (χ3n) is 2.71. The van der Waals surface area contributed by atoms with E-state index in [-0.39, 0.29) is 23.8 Å². The summed E-state index contributed by atoms with van der Waals surface area (Å²) in [6, 6.07) is -0.492. The molecule has 2 unspecified atom stereocenters. The second-order valence-corrected chi connectivity index (χ2v) is 6.96. The van der Waals surface area contributed by atoms with Crippen molar-refractivity contribution < 1.29 is 13.8 Å². The molecular formula is C11H20N2O3S. The fourth-order valence-electron chi connectivity index (χ4n) is 1.72. The second-order valence-electron chi connectivity index (χ2n) is 5.40. The first kappa shape index (κ1) is 14.2. The summed E-state index contributed by atoms with van der Waals surface area (Å²) in [5.41, 5.74) is -0.309. The van der Waals surface area contributed by atoms with Crippen molar-refractivity contribution in [1.29, 1.82) is 0 Å². The minimum absolute atomic E-state index is 0.0720. The molecule has 1 aliphatic rings. The van der Waals surface area contributed by atoms with E-state index in [1.54, 1.807) is 6.26 Å². The van der Waals surface area contributed by atoms with Crippen LogP contribution < -0.4 is 5.32 Å².